The highest BCUT2D eigenvalue weighted by Crippen LogP contribution is 2.43. The van der Waals surface area contributed by atoms with E-state index in [0.717, 1.165) is 124 Å². The largest absolute Gasteiger partial charge is 0.341 e. The maximum absolute atomic E-state index is 4.82. The lowest BCUT2D eigenvalue weighted by Crippen LogP contribution is -2.31. The molecule has 3 atom stereocenters. The fourth-order valence-electron chi connectivity index (χ4n) is 8.16. The van der Waals surface area contributed by atoms with Crippen LogP contribution in [-0.2, 0) is 26.2 Å². The molecule has 2 aliphatic rings. The number of fused-ring (bicyclic) bond motifs is 6. The molecule has 0 saturated heterocycles. The summed E-state index contributed by atoms with van der Waals surface area (Å²) in [4.78, 5) is 37.5. The molecular formula is C44H48N10. The van der Waals surface area contributed by atoms with Gasteiger partial charge >= 0.3 is 0 Å². The van der Waals surface area contributed by atoms with E-state index < -0.39 is 0 Å². The quantitative estimate of drug-likeness (QED) is 0.0938. The van der Waals surface area contributed by atoms with Crippen molar-refractivity contribution in [1.82, 2.24) is 49.7 Å². The molecule has 0 aliphatic heterocycles. The second-order valence-corrected chi connectivity index (χ2v) is 14.5. The zero-order valence-corrected chi connectivity index (χ0v) is 29.7. The molecule has 4 N–H and O–H groups in total. The number of hydrogen-bond donors (Lipinski definition) is 4. The Bertz CT molecular complexity index is 2230. The van der Waals surface area contributed by atoms with Crippen LogP contribution in [0.25, 0.3) is 44.1 Å². The topological polar surface area (TPSA) is 121 Å². The van der Waals surface area contributed by atoms with E-state index in [0.29, 0.717) is 0 Å². The zero-order valence-electron chi connectivity index (χ0n) is 29.7. The maximum Gasteiger partial charge on any atom is 0.121 e. The van der Waals surface area contributed by atoms with Crippen molar-refractivity contribution >= 4 is 44.1 Å². The summed E-state index contributed by atoms with van der Waals surface area (Å²) in [5, 5.41) is 0. The van der Waals surface area contributed by atoms with E-state index in [1.807, 2.05) is 66.7 Å². The highest BCUT2D eigenvalue weighted by atomic mass is 15.2. The van der Waals surface area contributed by atoms with E-state index in [4.69, 9.17) is 9.97 Å². The smallest absolute Gasteiger partial charge is 0.121 e. The molecule has 4 aromatic carbocycles. The molecule has 1 fully saturated rings. The average Bonchev–Trinajstić information content (AvgIpc) is 4.02. The van der Waals surface area contributed by atoms with Crippen molar-refractivity contribution in [3.63, 3.8) is 0 Å². The number of benzene rings is 4. The van der Waals surface area contributed by atoms with Crippen molar-refractivity contribution in [3.8, 4) is 0 Å². The SMILES string of the molecule is C.C1=CC2CC1CC2CN(Cc1nc2ccccc2[nH]1)Cc1nc2ccccc2[nH]1.C=CCN(Cc1nc2ccccc2[nH]1)Cc1nc2ccccc2[nH]1. The monoisotopic (exact) mass is 716 g/mol. The van der Waals surface area contributed by atoms with Gasteiger partial charge in [0.05, 0.1) is 70.3 Å². The van der Waals surface area contributed by atoms with E-state index in [-0.39, 0.29) is 7.43 Å². The Labute approximate surface area is 315 Å². The summed E-state index contributed by atoms with van der Waals surface area (Å²) in [6.45, 7) is 8.78. The molecule has 2 aliphatic carbocycles. The normalized spacial score (nSPS) is 17.6. The minimum absolute atomic E-state index is 0. The maximum atomic E-state index is 4.82. The standard InChI is InChI=1S/C24H25N5.C19H19N5.CH4/c1-2-6-20-19(5-1)25-23(26-20)14-29(13-18-12-16-9-10-17(18)11-16)15-24-27-21-7-3-4-8-22(21)28-24;1-2-11-24(12-18-20-14-7-3-4-8-15(14)21-18)13-19-22-16-9-5-6-10-17(16)23-19;/h1-10,16-18H,11-15H2,(H,25,26)(H,27,28);2-10H,1,11-13H2,(H,20,21)(H,22,23);1H4. The van der Waals surface area contributed by atoms with Crippen LogP contribution in [0.15, 0.2) is 122 Å². The first-order chi connectivity index (χ1) is 26.1. The Hall–Kier alpha value is -5.84. The van der Waals surface area contributed by atoms with Gasteiger partial charge in [0.2, 0.25) is 0 Å². The average molecular weight is 717 g/mol. The van der Waals surface area contributed by atoms with Gasteiger partial charge in [-0.05, 0) is 79.1 Å². The third kappa shape index (κ3) is 7.76. The first-order valence-electron chi connectivity index (χ1n) is 18.6. The molecule has 10 rings (SSSR count). The minimum Gasteiger partial charge on any atom is -0.341 e. The molecule has 274 valence electrons. The summed E-state index contributed by atoms with van der Waals surface area (Å²) in [6, 6.07) is 32.7. The van der Waals surface area contributed by atoms with Gasteiger partial charge in [0.15, 0.2) is 0 Å². The third-order valence-corrected chi connectivity index (χ3v) is 10.5. The van der Waals surface area contributed by atoms with Crippen LogP contribution in [0.3, 0.4) is 0 Å². The molecule has 2 bridgehead atoms. The number of para-hydroxylation sites is 8. The van der Waals surface area contributed by atoms with Crippen LogP contribution in [-0.4, -0.2) is 62.8 Å². The van der Waals surface area contributed by atoms with Gasteiger partial charge in [0.25, 0.3) is 0 Å². The predicted octanol–water partition coefficient (Wildman–Crippen LogP) is 8.92. The van der Waals surface area contributed by atoms with Gasteiger partial charge in [-0.1, -0.05) is 74.2 Å². The lowest BCUT2D eigenvalue weighted by atomic mass is 9.93. The van der Waals surface area contributed by atoms with Gasteiger partial charge in [-0.3, -0.25) is 9.80 Å². The summed E-state index contributed by atoms with van der Waals surface area (Å²) in [5.41, 5.74) is 8.40. The number of hydrogen-bond acceptors (Lipinski definition) is 6. The molecule has 0 amide bonds. The number of H-pyrrole nitrogens is 4. The van der Waals surface area contributed by atoms with Crippen LogP contribution in [0.1, 0.15) is 43.6 Å². The fourth-order valence-corrected chi connectivity index (χ4v) is 8.16. The number of rotatable bonds is 12. The molecule has 1 saturated carbocycles. The van der Waals surface area contributed by atoms with Gasteiger partial charge in [0.1, 0.15) is 23.3 Å². The highest BCUT2D eigenvalue weighted by Gasteiger charge is 2.36. The summed E-state index contributed by atoms with van der Waals surface area (Å²) in [6.07, 6.45) is 9.43. The number of aromatic amines is 4. The Balaban J connectivity index is 0.000000153. The lowest BCUT2D eigenvalue weighted by molar-refractivity contribution is 0.192. The van der Waals surface area contributed by atoms with Crippen LogP contribution < -0.4 is 0 Å². The molecule has 0 radical (unpaired) electrons. The number of imidazole rings is 4. The highest BCUT2D eigenvalue weighted by molar-refractivity contribution is 5.76. The van der Waals surface area contributed by atoms with Crippen LogP contribution in [0, 0.1) is 17.8 Å². The van der Waals surface area contributed by atoms with E-state index in [2.05, 4.69) is 94.8 Å². The molecule has 4 heterocycles. The molecular weight excluding hydrogens is 669 g/mol. The first-order valence-corrected chi connectivity index (χ1v) is 18.6. The fraction of sp³-hybridized carbons (Fsp3) is 0.273. The summed E-state index contributed by atoms with van der Waals surface area (Å²) in [5.74, 6) is 6.24. The van der Waals surface area contributed by atoms with Gasteiger partial charge in [-0.15, -0.1) is 6.58 Å². The Kier molecular flexibility index (Phi) is 10.2. The van der Waals surface area contributed by atoms with E-state index in [1.165, 1.54) is 12.8 Å². The molecule has 10 nitrogen and oxygen atoms in total. The van der Waals surface area contributed by atoms with E-state index in [9.17, 15) is 0 Å². The third-order valence-electron chi connectivity index (χ3n) is 10.5. The number of nitrogens with one attached hydrogen (secondary N) is 4. The van der Waals surface area contributed by atoms with Crippen molar-refractivity contribution in [3.05, 3.63) is 145 Å². The molecule has 3 unspecified atom stereocenters. The first kappa shape index (κ1) is 35.2. The van der Waals surface area contributed by atoms with Crippen LogP contribution in [0.5, 0.6) is 0 Å². The Morgan fingerprint density at radius 3 is 1.26 bits per heavy atom. The van der Waals surface area contributed by atoms with Gasteiger partial charge in [0, 0.05) is 13.1 Å². The van der Waals surface area contributed by atoms with Gasteiger partial charge < -0.3 is 19.9 Å². The number of nitrogens with zero attached hydrogens (tertiary/aromatic N) is 6. The van der Waals surface area contributed by atoms with E-state index in [1.54, 1.807) is 0 Å². The van der Waals surface area contributed by atoms with Crippen molar-refractivity contribution in [2.75, 3.05) is 13.1 Å². The minimum atomic E-state index is 0. The molecule has 0 spiro atoms. The number of aromatic nitrogens is 8. The van der Waals surface area contributed by atoms with E-state index >= 15 is 0 Å². The van der Waals surface area contributed by atoms with Crippen LogP contribution >= 0.6 is 0 Å². The van der Waals surface area contributed by atoms with Crippen molar-refractivity contribution in [1.29, 1.82) is 0 Å². The van der Waals surface area contributed by atoms with Gasteiger partial charge in [-0.2, -0.15) is 0 Å². The van der Waals surface area contributed by atoms with Gasteiger partial charge in [-0.25, -0.2) is 19.9 Å². The Morgan fingerprint density at radius 1 is 0.537 bits per heavy atom. The summed E-state index contributed by atoms with van der Waals surface area (Å²) in [7, 11) is 0. The number of allylic oxidation sites excluding steroid dienone is 2. The summed E-state index contributed by atoms with van der Waals surface area (Å²) >= 11 is 0. The summed E-state index contributed by atoms with van der Waals surface area (Å²) < 4.78 is 0. The molecule has 54 heavy (non-hydrogen) atoms. The molecule has 8 aromatic rings. The second kappa shape index (κ2) is 15.6. The van der Waals surface area contributed by atoms with Crippen molar-refractivity contribution in [2.24, 2.45) is 17.8 Å². The van der Waals surface area contributed by atoms with Crippen molar-refractivity contribution in [2.45, 2.75) is 46.4 Å². The molecule has 10 heteroatoms. The van der Waals surface area contributed by atoms with Crippen LogP contribution in [0.4, 0.5) is 0 Å². The molecule has 4 aromatic heterocycles. The Morgan fingerprint density at radius 2 is 0.926 bits per heavy atom. The predicted molar refractivity (Wildman–Crippen MR) is 218 cm³/mol. The van der Waals surface area contributed by atoms with Crippen molar-refractivity contribution < 1.29 is 0 Å². The zero-order chi connectivity index (χ0) is 35.6. The lowest BCUT2D eigenvalue weighted by Gasteiger charge is -2.27. The van der Waals surface area contributed by atoms with Crippen LogP contribution in [0.2, 0.25) is 0 Å². The second-order valence-electron chi connectivity index (χ2n) is 14.5.